The molecule has 2 heterocycles. The fourth-order valence-electron chi connectivity index (χ4n) is 1.23. The molecule has 15 heavy (non-hydrogen) atoms. The molecule has 0 saturated heterocycles. The van der Waals surface area contributed by atoms with Crippen LogP contribution in [0.25, 0.3) is 0 Å². The summed E-state index contributed by atoms with van der Waals surface area (Å²) in [5.74, 6) is -1.07. The number of aryl methyl sites for hydroxylation is 1. The van der Waals surface area contributed by atoms with Gasteiger partial charge in [0.1, 0.15) is 5.69 Å². The number of carbonyl (C=O) groups excluding carboxylic acids is 1. The van der Waals surface area contributed by atoms with Gasteiger partial charge in [0.05, 0.1) is 18.1 Å². The van der Waals surface area contributed by atoms with Gasteiger partial charge in [0, 0.05) is 19.4 Å². The van der Waals surface area contributed by atoms with Gasteiger partial charge in [0.2, 0.25) is 5.78 Å². The Morgan fingerprint density at radius 3 is 2.93 bits per heavy atom. The molecule has 0 unspecified atom stereocenters. The van der Waals surface area contributed by atoms with Gasteiger partial charge in [-0.05, 0) is 6.07 Å². The second-order valence-corrected chi connectivity index (χ2v) is 3.11. The van der Waals surface area contributed by atoms with Crippen LogP contribution >= 0.6 is 0 Å². The van der Waals surface area contributed by atoms with Gasteiger partial charge < -0.3 is 4.57 Å². The first-order chi connectivity index (χ1) is 7.18. The molecule has 0 bridgehead atoms. The minimum absolute atomic E-state index is 0.0105. The Kier molecular flexibility index (Phi) is 2.29. The molecule has 0 aliphatic carbocycles. The van der Waals surface area contributed by atoms with E-state index in [9.17, 15) is 9.18 Å². The molecule has 0 radical (unpaired) electrons. The van der Waals surface area contributed by atoms with Gasteiger partial charge in [-0.2, -0.15) is 0 Å². The summed E-state index contributed by atoms with van der Waals surface area (Å²) in [6.45, 7) is 0. The first-order valence-electron chi connectivity index (χ1n) is 4.30. The van der Waals surface area contributed by atoms with Crippen molar-refractivity contribution in [3.05, 3.63) is 48.1 Å². The summed E-state index contributed by atoms with van der Waals surface area (Å²) < 4.78 is 14.8. The van der Waals surface area contributed by atoms with E-state index in [2.05, 4.69) is 9.97 Å². The van der Waals surface area contributed by atoms with Crippen molar-refractivity contribution < 1.29 is 9.18 Å². The average molecular weight is 205 g/mol. The van der Waals surface area contributed by atoms with E-state index in [-0.39, 0.29) is 11.3 Å². The number of aromatic nitrogens is 3. The summed E-state index contributed by atoms with van der Waals surface area (Å²) in [6.07, 6.45) is 5.42. The Morgan fingerprint density at radius 2 is 2.33 bits per heavy atom. The quantitative estimate of drug-likeness (QED) is 0.692. The van der Waals surface area contributed by atoms with Crippen LogP contribution in [0.5, 0.6) is 0 Å². The summed E-state index contributed by atoms with van der Waals surface area (Å²) in [6, 6.07) is 1.34. The predicted octanol–water partition coefficient (Wildman–Crippen LogP) is 1.19. The lowest BCUT2D eigenvalue weighted by atomic mass is 10.1. The number of hydrogen-bond donors (Lipinski definition) is 0. The molecule has 0 spiro atoms. The van der Waals surface area contributed by atoms with E-state index in [4.69, 9.17) is 0 Å². The van der Waals surface area contributed by atoms with E-state index < -0.39 is 11.6 Å². The highest BCUT2D eigenvalue weighted by Crippen LogP contribution is 2.10. The van der Waals surface area contributed by atoms with Crippen LogP contribution in [-0.4, -0.2) is 20.3 Å². The summed E-state index contributed by atoms with van der Waals surface area (Å²) in [5.41, 5.74) is 0.214. The maximum atomic E-state index is 13.2. The van der Waals surface area contributed by atoms with Crippen molar-refractivity contribution in [1.29, 1.82) is 0 Å². The lowest BCUT2D eigenvalue weighted by Gasteiger charge is -1.97. The van der Waals surface area contributed by atoms with E-state index >= 15 is 0 Å². The van der Waals surface area contributed by atoms with Crippen LogP contribution in [0.1, 0.15) is 16.1 Å². The fourth-order valence-corrected chi connectivity index (χ4v) is 1.23. The molecular formula is C10H8FN3O. The maximum absolute atomic E-state index is 13.2. The van der Waals surface area contributed by atoms with Crippen LogP contribution in [0.2, 0.25) is 0 Å². The lowest BCUT2D eigenvalue weighted by molar-refractivity contribution is 0.103. The first kappa shape index (κ1) is 9.51. The largest absolute Gasteiger partial charge is 0.340 e. The Hall–Kier alpha value is -2.04. The molecule has 2 aromatic heterocycles. The van der Waals surface area contributed by atoms with E-state index in [1.165, 1.54) is 18.6 Å². The number of ketones is 1. The molecule has 5 heteroatoms. The standard InChI is InChI=1S/C10H8FN3O/c1-14-5-9(13-6-14)10(15)7-2-3-12-4-8(7)11/h2-6H,1H3. The molecule has 0 fully saturated rings. The Balaban J connectivity index is 2.41. The smallest absolute Gasteiger partial charge is 0.215 e. The molecule has 0 aliphatic heterocycles. The number of imidazole rings is 1. The molecule has 0 amide bonds. The maximum Gasteiger partial charge on any atom is 0.215 e. The minimum Gasteiger partial charge on any atom is -0.340 e. The number of halogens is 1. The summed E-state index contributed by atoms with van der Waals surface area (Å²) >= 11 is 0. The number of hydrogen-bond acceptors (Lipinski definition) is 3. The van der Waals surface area contributed by atoms with Gasteiger partial charge in [-0.1, -0.05) is 0 Å². The van der Waals surface area contributed by atoms with Crippen LogP contribution in [0, 0.1) is 5.82 Å². The van der Waals surface area contributed by atoms with Gasteiger partial charge >= 0.3 is 0 Å². The van der Waals surface area contributed by atoms with Crippen molar-refractivity contribution >= 4 is 5.78 Å². The number of rotatable bonds is 2. The van der Waals surface area contributed by atoms with Gasteiger partial charge in [-0.25, -0.2) is 9.37 Å². The number of pyridine rings is 1. The third-order valence-corrected chi connectivity index (χ3v) is 1.95. The van der Waals surface area contributed by atoms with Crippen LogP contribution in [0.15, 0.2) is 31.0 Å². The van der Waals surface area contributed by atoms with E-state index in [1.807, 2.05) is 0 Å². The second kappa shape index (κ2) is 3.61. The monoisotopic (exact) mass is 205 g/mol. The minimum atomic E-state index is -0.631. The molecule has 2 rings (SSSR count). The predicted molar refractivity (Wildman–Crippen MR) is 50.8 cm³/mol. The van der Waals surface area contributed by atoms with Gasteiger partial charge in [0.15, 0.2) is 5.82 Å². The third kappa shape index (κ3) is 1.76. The zero-order valence-corrected chi connectivity index (χ0v) is 8.01. The van der Waals surface area contributed by atoms with Crippen molar-refractivity contribution in [2.75, 3.05) is 0 Å². The van der Waals surface area contributed by atoms with Crippen molar-refractivity contribution in [2.24, 2.45) is 7.05 Å². The highest BCUT2D eigenvalue weighted by molar-refractivity contribution is 6.07. The fraction of sp³-hybridized carbons (Fsp3) is 0.100. The zero-order valence-electron chi connectivity index (χ0n) is 8.01. The third-order valence-electron chi connectivity index (χ3n) is 1.95. The van der Waals surface area contributed by atoms with Crippen LogP contribution in [0.3, 0.4) is 0 Å². The molecular weight excluding hydrogens is 197 g/mol. The number of nitrogens with zero attached hydrogens (tertiary/aromatic N) is 3. The molecule has 0 saturated carbocycles. The van der Waals surface area contributed by atoms with Crippen molar-refractivity contribution in [3.8, 4) is 0 Å². The van der Waals surface area contributed by atoms with Crippen LogP contribution < -0.4 is 0 Å². The van der Waals surface area contributed by atoms with Crippen molar-refractivity contribution in [1.82, 2.24) is 14.5 Å². The Morgan fingerprint density at radius 1 is 1.53 bits per heavy atom. The SMILES string of the molecule is Cn1cnc(C(=O)c2ccncc2F)c1. The molecule has 0 aromatic carbocycles. The van der Waals surface area contributed by atoms with Crippen molar-refractivity contribution in [3.63, 3.8) is 0 Å². The van der Waals surface area contributed by atoms with Crippen LogP contribution in [0.4, 0.5) is 4.39 Å². The topological polar surface area (TPSA) is 47.8 Å². The summed E-state index contributed by atoms with van der Waals surface area (Å²) in [7, 11) is 1.74. The van der Waals surface area contributed by atoms with E-state index in [1.54, 1.807) is 17.8 Å². The van der Waals surface area contributed by atoms with Crippen LogP contribution in [-0.2, 0) is 7.05 Å². The summed E-state index contributed by atoms with van der Waals surface area (Å²) in [4.78, 5) is 19.2. The molecule has 0 atom stereocenters. The van der Waals surface area contributed by atoms with E-state index in [0.29, 0.717) is 0 Å². The zero-order chi connectivity index (χ0) is 10.8. The Labute approximate surface area is 85.4 Å². The molecule has 0 N–H and O–H groups in total. The molecule has 2 aromatic rings. The van der Waals surface area contributed by atoms with Gasteiger partial charge in [0.25, 0.3) is 0 Å². The molecule has 4 nitrogen and oxygen atoms in total. The second-order valence-electron chi connectivity index (χ2n) is 3.11. The lowest BCUT2D eigenvalue weighted by Crippen LogP contribution is -2.04. The highest BCUT2D eigenvalue weighted by atomic mass is 19.1. The average Bonchev–Trinajstić information content (AvgIpc) is 2.65. The summed E-state index contributed by atoms with van der Waals surface area (Å²) in [5, 5.41) is 0. The molecule has 76 valence electrons. The van der Waals surface area contributed by atoms with Gasteiger partial charge in [-0.15, -0.1) is 0 Å². The van der Waals surface area contributed by atoms with E-state index in [0.717, 1.165) is 6.20 Å². The Bertz CT molecular complexity index is 507. The first-order valence-corrected chi connectivity index (χ1v) is 4.30. The number of carbonyl (C=O) groups is 1. The van der Waals surface area contributed by atoms with Gasteiger partial charge in [-0.3, -0.25) is 9.78 Å². The highest BCUT2D eigenvalue weighted by Gasteiger charge is 2.15. The molecule has 0 aliphatic rings. The normalized spacial score (nSPS) is 10.3. The van der Waals surface area contributed by atoms with Crippen molar-refractivity contribution in [2.45, 2.75) is 0 Å².